The smallest absolute Gasteiger partial charge is 0.314 e. The van der Waals surface area contributed by atoms with Crippen LogP contribution in [-0.2, 0) is 9.53 Å². The first-order valence-corrected chi connectivity index (χ1v) is 4.90. The lowest BCUT2D eigenvalue weighted by atomic mass is 10.1. The van der Waals surface area contributed by atoms with Crippen molar-refractivity contribution >= 4 is 11.7 Å². The fourth-order valence-electron chi connectivity index (χ4n) is 1.66. The number of carbonyl (C=O) groups excluding carboxylic acids is 1. The summed E-state index contributed by atoms with van der Waals surface area (Å²) in [6, 6.07) is 9.94. The highest BCUT2D eigenvalue weighted by atomic mass is 16.5. The highest BCUT2D eigenvalue weighted by molar-refractivity contribution is 5.80. The number of carbonyl (C=O) groups is 1. The second-order valence-corrected chi connectivity index (χ2v) is 3.46. The average molecular weight is 203 g/mol. The SMILES string of the molecule is COC(=O)[C@@H]1C=C(c2ccccc2)NC1. The van der Waals surface area contributed by atoms with E-state index in [1.165, 1.54) is 7.11 Å². The van der Waals surface area contributed by atoms with Crippen LogP contribution in [0.3, 0.4) is 0 Å². The van der Waals surface area contributed by atoms with Crippen molar-refractivity contribution in [3.8, 4) is 0 Å². The Morgan fingerprint density at radius 2 is 2.13 bits per heavy atom. The molecule has 0 unspecified atom stereocenters. The Hall–Kier alpha value is -1.77. The third-order valence-electron chi connectivity index (χ3n) is 2.47. The first-order chi connectivity index (χ1) is 7.31. The molecular formula is C12H13NO2. The minimum Gasteiger partial charge on any atom is -0.469 e. The Kier molecular flexibility index (Phi) is 2.72. The number of ether oxygens (including phenoxy) is 1. The quantitative estimate of drug-likeness (QED) is 0.739. The molecule has 1 atom stereocenters. The standard InChI is InChI=1S/C12H13NO2/c1-15-12(14)10-7-11(13-8-10)9-5-3-2-4-6-9/h2-7,10,13H,8H2,1H3/t10-/m1/s1. The van der Waals surface area contributed by atoms with E-state index in [1.54, 1.807) is 0 Å². The van der Waals surface area contributed by atoms with E-state index in [0.29, 0.717) is 6.54 Å². The van der Waals surface area contributed by atoms with E-state index in [0.717, 1.165) is 11.3 Å². The van der Waals surface area contributed by atoms with E-state index in [9.17, 15) is 4.79 Å². The predicted octanol–water partition coefficient (Wildman–Crippen LogP) is 1.42. The van der Waals surface area contributed by atoms with Gasteiger partial charge in [-0.15, -0.1) is 0 Å². The van der Waals surface area contributed by atoms with E-state index >= 15 is 0 Å². The maximum Gasteiger partial charge on any atom is 0.314 e. The van der Waals surface area contributed by atoms with Crippen LogP contribution in [0, 0.1) is 5.92 Å². The van der Waals surface area contributed by atoms with Crippen molar-refractivity contribution in [2.45, 2.75) is 0 Å². The van der Waals surface area contributed by atoms with Gasteiger partial charge < -0.3 is 10.1 Å². The molecule has 0 saturated heterocycles. The third-order valence-corrected chi connectivity index (χ3v) is 2.47. The Balaban J connectivity index is 2.17. The van der Waals surface area contributed by atoms with Crippen LogP contribution in [0.15, 0.2) is 36.4 Å². The number of hydrogen-bond acceptors (Lipinski definition) is 3. The van der Waals surface area contributed by atoms with Crippen molar-refractivity contribution < 1.29 is 9.53 Å². The van der Waals surface area contributed by atoms with Crippen LogP contribution in [0.5, 0.6) is 0 Å². The van der Waals surface area contributed by atoms with Crippen LogP contribution >= 0.6 is 0 Å². The van der Waals surface area contributed by atoms with Crippen LogP contribution in [0.4, 0.5) is 0 Å². The van der Waals surface area contributed by atoms with Crippen molar-refractivity contribution in [2.24, 2.45) is 5.92 Å². The molecule has 3 nitrogen and oxygen atoms in total. The molecule has 0 bridgehead atoms. The second kappa shape index (κ2) is 4.17. The average Bonchev–Trinajstić information content (AvgIpc) is 2.78. The molecule has 0 aromatic heterocycles. The predicted molar refractivity (Wildman–Crippen MR) is 57.9 cm³/mol. The van der Waals surface area contributed by atoms with Gasteiger partial charge in [0.2, 0.25) is 0 Å². The molecule has 1 aromatic rings. The fourth-order valence-corrected chi connectivity index (χ4v) is 1.66. The molecule has 78 valence electrons. The molecule has 3 heteroatoms. The van der Waals surface area contributed by atoms with Crippen molar-refractivity contribution in [1.82, 2.24) is 5.32 Å². The number of hydrogen-bond donors (Lipinski definition) is 1. The maximum absolute atomic E-state index is 11.3. The topological polar surface area (TPSA) is 38.3 Å². The van der Waals surface area contributed by atoms with Gasteiger partial charge in [-0.25, -0.2) is 0 Å². The van der Waals surface area contributed by atoms with E-state index in [1.807, 2.05) is 36.4 Å². The second-order valence-electron chi connectivity index (χ2n) is 3.46. The zero-order valence-electron chi connectivity index (χ0n) is 8.57. The molecule has 2 rings (SSSR count). The Bertz CT molecular complexity index is 384. The first kappa shape index (κ1) is 9.77. The highest BCUT2D eigenvalue weighted by Crippen LogP contribution is 2.20. The Morgan fingerprint density at radius 3 is 2.80 bits per heavy atom. The third kappa shape index (κ3) is 2.01. The summed E-state index contributed by atoms with van der Waals surface area (Å²) in [5.74, 6) is -0.348. The summed E-state index contributed by atoms with van der Waals surface area (Å²) in [5, 5.41) is 3.20. The van der Waals surface area contributed by atoms with E-state index in [2.05, 4.69) is 5.32 Å². The molecule has 1 aliphatic rings. The molecular weight excluding hydrogens is 190 g/mol. The van der Waals surface area contributed by atoms with Crippen molar-refractivity contribution in [3.05, 3.63) is 42.0 Å². The van der Waals surface area contributed by atoms with Gasteiger partial charge in [-0.05, 0) is 11.6 Å². The number of esters is 1. The maximum atomic E-state index is 11.3. The number of methoxy groups -OCH3 is 1. The lowest BCUT2D eigenvalue weighted by Gasteiger charge is -2.03. The van der Waals surface area contributed by atoms with Gasteiger partial charge in [0.1, 0.15) is 0 Å². The Morgan fingerprint density at radius 1 is 1.40 bits per heavy atom. The molecule has 0 saturated carbocycles. The van der Waals surface area contributed by atoms with Crippen molar-refractivity contribution in [2.75, 3.05) is 13.7 Å². The molecule has 0 amide bonds. The van der Waals surface area contributed by atoms with Gasteiger partial charge in [0.15, 0.2) is 0 Å². The lowest BCUT2D eigenvalue weighted by molar-refractivity contribution is -0.143. The van der Waals surface area contributed by atoms with E-state index < -0.39 is 0 Å². The van der Waals surface area contributed by atoms with Crippen LogP contribution in [0.2, 0.25) is 0 Å². The summed E-state index contributed by atoms with van der Waals surface area (Å²) in [7, 11) is 1.41. The van der Waals surface area contributed by atoms with Crippen LogP contribution in [0.25, 0.3) is 5.70 Å². The minimum atomic E-state index is -0.187. The molecule has 1 aromatic carbocycles. The molecule has 0 spiro atoms. The molecule has 0 aliphatic carbocycles. The number of benzene rings is 1. The van der Waals surface area contributed by atoms with Crippen molar-refractivity contribution in [1.29, 1.82) is 0 Å². The van der Waals surface area contributed by atoms with Gasteiger partial charge in [0.05, 0.1) is 13.0 Å². The van der Waals surface area contributed by atoms with Crippen LogP contribution in [-0.4, -0.2) is 19.6 Å². The molecule has 1 aliphatic heterocycles. The molecule has 1 heterocycles. The minimum absolute atomic E-state index is 0.162. The van der Waals surface area contributed by atoms with Gasteiger partial charge in [0, 0.05) is 12.2 Å². The molecule has 0 radical (unpaired) electrons. The van der Waals surface area contributed by atoms with Gasteiger partial charge in [-0.1, -0.05) is 30.3 Å². The van der Waals surface area contributed by atoms with Crippen LogP contribution < -0.4 is 5.32 Å². The molecule has 0 fully saturated rings. The first-order valence-electron chi connectivity index (χ1n) is 4.90. The summed E-state index contributed by atoms with van der Waals surface area (Å²) in [4.78, 5) is 11.3. The summed E-state index contributed by atoms with van der Waals surface area (Å²) in [6.45, 7) is 0.622. The number of nitrogens with one attached hydrogen (secondary N) is 1. The normalized spacial score (nSPS) is 19.3. The van der Waals surface area contributed by atoms with E-state index in [4.69, 9.17) is 4.74 Å². The summed E-state index contributed by atoms with van der Waals surface area (Å²) < 4.78 is 4.69. The zero-order valence-corrected chi connectivity index (χ0v) is 8.57. The van der Waals surface area contributed by atoms with E-state index in [-0.39, 0.29) is 11.9 Å². The summed E-state index contributed by atoms with van der Waals surface area (Å²) in [6.07, 6.45) is 1.92. The van der Waals surface area contributed by atoms with Gasteiger partial charge >= 0.3 is 5.97 Å². The highest BCUT2D eigenvalue weighted by Gasteiger charge is 2.23. The summed E-state index contributed by atoms with van der Waals surface area (Å²) >= 11 is 0. The molecule has 1 N–H and O–H groups in total. The van der Waals surface area contributed by atoms with Gasteiger partial charge in [-0.3, -0.25) is 4.79 Å². The zero-order chi connectivity index (χ0) is 10.7. The lowest BCUT2D eigenvalue weighted by Crippen LogP contribution is -2.20. The monoisotopic (exact) mass is 203 g/mol. The number of rotatable bonds is 2. The van der Waals surface area contributed by atoms with Crippen molar-refractivity contribution in [3.63, 3.8) is 0 Å². The fraction of sp³-hybridized carbons (Fsp3) is 0.250. The largest absolute Gasteiger partial charge is 0.469 e. The van der Waals surface area contributed by atoms with Gasteiger partial charge in [-0.2, -0.15) is 0 Å². The van der Waals surface area contributed by atoms with Gasteiger partial charge in [0.25, 0.3) is 0 Å². The Labute approximate surface area is 88.8 Å². The van der Waals surface area contributed by atoms with Crippen LogP contribution in [0.1, 0.15) is 5.56 Å². The molecule has 15 heavy (non-hydrogen) atoms. The summed E-state index contributed by atoms with van der Waals surface area (Å²) in [5.41, 5.74) is 2.11.